The van der Waals surface area contributed by atoms with Crippen LogP contribution in [0.5, 0.6) is 0 Å². The summed E-state index contributed by atoms with van der Waals surface area (Å²) in [5, 5.41) is 9.45. The lowest BCUT2D eigenvalue weighted by atomic mass is 9.96. The number of nitrogens with zero attached hydrogens (tertiary/aromatic N) is 3. The van der Waals surface area contributed by atoms with Crippen LogP contribution in [0.1, 0.15) is 40.0 Å². The second-order valence-electron chi connectivity index (χ2n) is 7.29. The molecule has 3 heterocycles. The third-order valence-electron chi connectivity index (χ3n) is 5.34. The van der Waals surface area contributed by atoms with Gasteiger partial charge in [-0.3, -0.25) is 9.52 Å². The van der Waals surface area contributed by atoms with E-state index in [9.17, 15) is 23.6 Å². The Kier molecular flexibility index (Phi) is 6.04. The first-order valence-corrected chi connectivity index (χ1v) is 10.7. The van der Waals surface area contributed by atoms with E-state index in [4.69, 9.17) is 4.74 Å². The highest BCUT2D eigenvalue weighted by atomic mass is 32.2. The number of amides is 1. The third-order valence-corrected chi connectivity index (χ3v) is 6.14. The van der Waals surface area contributed by atoms with Gasteiger partial charge in [-0.2, -0.15) is 5.26 Å². The van der Waals surface area contributed by atoms with E-state index >= 15 is 0 Å². The van der Waals surface area contributed by atoms with E-state index in [0.717, 1.165) is 18.0 Å². The van der Waals surface area contributed by atoms with Crippen molar-refractivity contribution in [1.29, 1.82) is 5.26 Å². The van der Waals surface area contributed by atoms with Crippen LogP contribution < -0.4 is 9.62 Å². The minimum Gasteiger partial charge on any atom is -0.455 e. The number of carbonyl (C=O) groups is 2. The van der Waals surface area contributed by atoms with Crippen molar-refractivity contribution >= 4 is 29.6 Å². The molecule has 0 bridgehead atoms. The number of piperidine rings is 1. The fourth-order valence-electron chi connectivity index (χ4n) is 3.62. The number of ether oxygens (including phenoxy) is 1. The Morgan fingerprint density at radius 2 is 2.10 bits per heavy atom. The normalized spacial score (nSPS) is 15.9. The molecular formula is C21H18F2N4O3S. The topological polar surface area (TPSA) is 95.3 Å². The second kappa shape index (κ2) is 8.89. The number of pyridine rings is 1. The van der Waals surface area contributed by atoms with E-state index in [1.165, 1.54) is 18.2 Å². The molecule has 1 amide bonds. The van der Waals surface area contributed by atoms with E-state index in [2.05, 4.69) is 15.8 Å². The molecule has 1 fully saturated rings. The van der Waals surface area contributed by atoms with Gasteiger partial charge in [0.2, 0.25) is 5.91 Å². The summed E-state index contributed by atoms with van der Waals surface area (Å²) in [7, 11) is 0. The van der Waals surface area contributed by atoms with E-state index in [0.29, 0.717) is 54.1 Å². The number of halogens is 2. The van der Waals surface area contributed by atoms with Gasteiger partial charge in [0.05, 0.1) is 16.8 Å². The van der Waals surface area contributed by atoms with Crippen molar-refractivity contribution in [2.75, 3.05) is 18.0 Å². The van der Waals surface area contributed by atoms with Gasteiger partial charge in [-0.05, 0) is 42.5 Å². The van der Waals surface area contributed by atoms with Gasteiger partial charge in [0.15, 0.2) is 0 Å². The number of cyclic esters (lactones) is 1. The number of hydrogen-bond donors (Lipinski definition) is 1. The van der Waals surface area contributed by atoms with Crippen molar-refractivity contribution in [3.8, 4) is 6.07 Å². The van der Waals surface area contributed by atoms with Gasteiger partial charge in [-0.1, -0.05) is 6.07 Å². The molecule has 0 spiro atoms. The zero-order valence-electron chi connectivity index (χ0n) is 16.4. The molecule has 2 aliphatic heterocycles. The number of rotatable bonds is 5. The van der Waals surface area contributed by atoms with Crippen LogP contribution in [-0.4, -0.2) is 29.9 Å². The highest BCUT2D eigenvalue weighted by Gasteiger charge is 2.30. The second-order valence-corrected chi connectivity index (χ2v) is 8.08. The lowest BCUT2D eigenvalue weighted by molar-refractivity contribution is -0.123. The van der Waals surface area contributed by atoms with Gasteiger partial charge >= 0.3 is 5.97 Å². The summed E-state index contributed by atoms with van der Waals surface area (Å²) in [6.07, 6.45) is 1.13. The van der Waals surface area contributed by atoms with Crippen LogP contribution >= 0.6 is 11.9 Å². The minimum atomic E-state index is -0.641. The summed E-state index contributed by atoms with van der Waals surface area (Å²) < 4.78 is 34.3. The molecule has 2 aromatic rings. The number of nitrogens with one attached hydrogen (secondary N) is 1. The number of benzene rings is 1. The summed E-state index contributed by atoms with van der Waals surface area (Å²) >= 11 is 1.07. The summed E-state index contributed by atoms with van der Waals surface area (Å²) in [5.41, 5.74) is 1.46. The first kappa shape index (κ1) is 21.1. The zero-order valence-corrected chi connectivity index (χ0v) is 17.2. The molecule has 160 valence electrons. The molecule has 1 saturated heterocycles. The SMILES string of the molecule is N#Cc1cc2c(nc1N1CCC(C(=O)NSCc3ccc(F)cc3F)CC1)COC2=O. The lowest BCUT2D eigenvalue weighted by Gasteiger charge is -2.32. The van der Waals surface area contributed by atoms with Crippen LogP contribution in [0, 0.1) is 28.9 Å². The van der Waals surface area contributed by atoms with Crippen LogP contribution in [-0.2, 0) is 21.9 Å². The van der Waals surface area contributed by atoms with Crippen LogP contribution in [0.15, 0.2) is 24.3 Å². The van der Waals surface area contributed by atoms with E-state index < -0.39 is 17.6 Å². The Hall–Kier alpha value is -3.19. The number of hydrogen-bond acceptors (Lipinski definition) is 7. The highest BCUT2D eigenvalue weighted by molar-refractivity contribution is 7.97. The molecule has 4 rings (SSSR count). The van der Waals surface area contributed by atoms with Crippen molar-refractivity contribution in [3.63, 3.8) is 0 Å². The van der Waals surface area contributed by atoms with Gasteiger partial charge in [0, 0.05) is 30.8 Å². The Balaban J connectivity index is 1.32. The highest BCUT2D eigenvalue weighted by Crippen LogP contribution is 2.29. The Morgan fingerprint density at radius 1 is 1.32 bits per heavy atom. The molecule has 0 saturated carbocycles. The fourth-order valence-corrected chi connectivity index (χ4v) is 4.39. The molecule has 10 heteroatoms. The van der Waals surface area contributed by atoms with Gasteiger partial charge in [-0.25, -0.2) is 18.6 Å². The number of aromatic nitrogens is 1. The van der Waals surface area contributed by atoms with E-state index in [1.54, 1.807) is 0 Å². The Bertz CT molecular complexity index is 1080. The van der Waals surface area contributed by atoms with Gasteiger partial charge in [0.25, 0.3) is 0 Å². The predicted octanol–water partition coefficient (Wildman–Crippen LogP) is 3.08. The number of carbonyl (C=O) groups excluding carboxylic acids is 2. The first-order chi connectivity index (χ1) is 15.0. The van der Waals surface area contributed by atoms with E-state index in [-0.39, 0.29) is 24.2 Å². The molecule has 1 N–H and O–H groups in total. The molecule has 7 nitrogen and oxygen atoms in total. The molecule has 0 aliphatic carbocycles. The monoisotopic (exact) mass is 444 g/mol. The Labute approximate surface area is 181 Å². The predicted molar refractivity (Wildman–Crippen MR) is 109 cm³/mol. The molecule has 2 aliphatic rings. The average molecular weight is 444 g/mol. The van der Waals surface area contributed by atoms with Crippen LogP contribution in [0.2, 0.25) is 0 Å². The Morgan fingerprint density at radius 3 is 2.81 bits per heavy atom. The standard InChI is InChI=1S/C21H18F2N4O3S/c22-15-2-1-13(17(23)8-15)11-31-26-20(28)12-3-5-27(6-4-12)19-14(9-24)7-16-18(25-19)10-30-21(16)29/h1-2,7-8,12H,3-6,10-11H2,(H,26,28). The van der Waals surface area contributed by atoms with E-state index in [1.807, 2.05) is 4.90 Å². The van der Waals surface area contributed by atoms with Crippen molar-refractivity contribution in [1.82, 2.24) is 9.71 Å². The maximum absolute atomic E-state index is 13.7. The fraction of sp³-hybridized carbons (Fsp3) is 0.333. The first-order valence-electron chi connectivity index (χ1n) is 9.68. The molecule has 1 aromatic heterocycles. The van der Waals surface area contributed by atoms with Crippen LogP contribution in [0.25, 0.3) is 0 Å². The summed E-state index contributed by atoms with van der Waals surface area (Å²) in [5.74, 6) is -1.42. The van der Waals surface area contributed by atoms with Gasteiger partial charge in [0.1, 0.15) is 30.1 Å². The zero-order chi connectivity index (χ0) is 22.0. The number of fused-ring (bicyclic) bond motifs is 1. The lowest BCUT2D eigenvalue weighted by Crippen LogP contribution is -2.39. The quantitative estimate of drug-likeness (QED) is 0.559. The van der Waals surface area contributed by atoms with Crippen molar-refractivity contribution in [3.05, 3.63) is 58.3 Å². The number of nitriles is 1. The molecule has 31 heavy (non-hydrogen) atoms. The number of anilines is 1. The molecule has 0 atom stereocenters. The maximum atomic E-state index is 13.7. The summed E-state index contributed by atoms with van der Waals surface area (Å²) in [6.45, 7) is 1.16. The molecule has 0 unspecified atom stereocenters. The summed E-state index contributed by atoms with van der Waals surface area (Å²) in [4.78, 5) is 30.5. The summed E-state index contributed by atoms with van der Waals surface area (Å²) in [6, 6.07) is 6.95. The minimum absolute atomic E-state index is 0.0949. The molecular weight excluding hydrogens is 426 g/mol. The van der Waals surface area contributed by atoms with Gasteiger partial charge < -0.3 is 9.64 Å². The maximum Gasteiger partial charge on any atom is 0.340 e. The largest absolute Gasteiger partial charge is 0.455 e. The average Bonchev–Trinajstić information content (AvgIpc) is 3.14. The van der Waals surface area contributed by atoms with Crippen LogP contribution in [0.3, 0.4) is 0 Å². The van der Waals surface area contributed by atoms with Crippen LogP contribution in [0.4, 0.5) is 14.6 Å². The van der Waals surface area contributed by atoms with Crippen molar-refractivity contribution < 1.29 is 23.1 Å². The van der Waals surface area contributed by atoms with Crippen molar-refractivity contribution in [2.45, 2.75) is 25.2 Å². The molecule has 1 aromatic carbocycles. The molecule has 0 radical (unpaired) electrons. The smallest absolute Gasteiger partial charge is 0.340 e. The van der Waals surface area contributed by atoms with Crippen molar-refractivity contribution in [2.24, 2.45) is 5.92 Å². The third kappa shape index (κ3) is 4.46. The number of esters is 1. The van der Waals surface area contributed by atoms with Gasteiger partial charge in [-0.15, -0.1) is 0 Å².